The molecule has 0 unspecified atom stereocenters. The van der Waals surface area contributed by atoms with Gasteiger partial charge in [-0.2, -0.15) is 0 Å². The van der Waals surface area contributed by atoms with E-state index in [1.165, 1.54) is 0 Å². The first-order valence-electron chi connectivity index (χ1n) is 10.1. The third-order valence-corrected chi connectivity index (χ3v) is 5.18. The Morgan fingerprint density at radius 1 is 1.03 bits per heavy atom. The summed E-state index contributed by atoms with van der Waals surface area (Å²) in [6.07, 6.45) is 3.38. The zero-order valence-electron chi connectivity index (χ0n) is 17.1. The molecule has 0 fully saturated rings. The standard InChI is InChI=1S/C24H20N4O4/c29-23-18(9-17-10-21-22(32-15-31-21)11-20(17)27-23)14-28(13-16-5-4-8-25-12-16)24(30)26-19-6-2-1-3-7-19/h1-12H,13-15H2,(H,26,30)(H,27,29). The molecule has 32 heavy (non-hydrogen) atoms. The number of carbonyl (C=O) groups is 1. The van der Waals surface area contributed by atoms with Crippen LogP contribution in [0.5, 0.6) is 11.5 Å². The highest BCUT2D eigenvalue weighted by Gasteiger charge is 2.19. The van der Waals surface area contributed by atoms with Crippen molar-refractivity contribution in [3.8, 4) is 11.5 Å². The highest BCUT2D eigenvalue weighted by Crippen LogP contribution is 2.35. The van der Waals surface area contributed by atoms with Crippen molar-refractivity contribution in [1.82, 2.24) is 14.9 Å². The summed E-state index contributed by atoms with van der Waals surface area (Å²) in [7, 11) is 0. The first-order chi connectivity index (χ1) is 15.7. The molecule has 0 spiro atoms. The number of benzene rings is 2. The van der Waals surface area contributed by atoms with Gasteiger partial charge in [-0.3, -0.25) is 9.78 Å². The van der Waals surface area contributed by atoms with Gasteiger partial charge >= 0.3 is 6.03 Å². The van der Waals surface area contributed by atoms with Crippen molar-refractivity contribution in [1.29, 1.82) is 0 Å². The van der Waals surface area contributed by atoms with Gasteiger partial charge in [-0.1, -0.05) is 24.3 Å². The Bertz CT molecular complexity index is 1320. The number of para-hydroxylation sites is 1. The zero-order valence-corrected chi connectivity index (χ0v) is 17.1. The number of carbonyl (C=O) groups excluding carboxylic acids is 1. The number of fused-ring (bicyclic) bond motifs is 2. The molecule has 0 saturated carbocycles. The molecule has 0 aliphatic carbocycles. The molecule has 160 valence electrons. The average Bonchev–Trinajstić information content (AvgIpc) is 3.26. The third-order valence-electron chi connectivity index (χ3n) is 5.18. The second-order valence-electron chi connectivity index (χ2n) is 7.43. The number of anilines is 1. The number of hydrogen-bond acceptors (Lipinski definition) is 5. The molecule has 0 radical (unpaired) electrons. The van der Waals surface area contributed by atoms with Gasteiger partial charge in [0.05, 0.1) is 12.1 Å². The summed E-state index contributed by atoms with van der Waals surface area (Å²) in [4.78, 5) is 34.5. The quantitative estimate of drug-likeness (QED) is 0.503. The minimum Gasteiger partial charge on any atom is -0.454 e. The van der Waals surface area contributed by atoms with E-state index in [-0.39, 0.29) is 24.9 Å². The van der Waals surface area contributed by atoms with E-state index in [0.29, 0.717) is 34.8 Å². The number of amides is 2. The van der Waals surface area contributed by atoms with Gasteiger partial charge in [-0.05, 0) is 35.9 Å². The van der Waals surface area contributed by atoms with Crippen molar-refractivity contribution in [2.24, 2.45) is 0 Å². The first-order valence-corrected chi connectivity index (χ1v) is 10.1. The van der Waals surface area contributed by atoms with Gasteiger partial charge in [0.1, 0.15) is 0 Å². The van der Waals surface area contributed by atoms with Crippen LogP contribution >= 0.6 is 0 Å². The van der Waals surface area contributed by atoms with E-state index in [1.807, 2.05) is 48.5 Å². The number of pyridine rings is 2. The van der Waals surface area contributed by atoms with Crippen LogP contribution in [0, 0.1) is 0 Å². The van der Waals surface area contributed by atoms with E-state index in [0.717, 1.165) is 10.9 Å². The van der Waals surface area contributed by atoms with Crippen molar-refractivity contribution in [2.75, 3.05) is 12.1 Å². The molecule has 4 aromatic rings. The van der Waals surface area contributed by atoms with E-state index >= 15 is 0 Å². The Morgan fingerprint density at radius 3 is 2.62 bits per heavy atom. The number of H-pyrrole nitrogens is 1. The first kappa shape index (κ1) is 19.6. The minimum atomic E-state index is -0.315. The predicted molar refractivity (Wildman–Crippen MR) is 120 cm³/mol. The third kappa shape index (κ3) is 4.11. The molecular weight excluding hydrogens is 408 g/mol. The molecule has 2 aromatic carbocycles. The number of ether oxygens (including phenoxy) is 2. The normalized spacial score (nSPS) is 12.0. The summed E-state index contributed by atoms with van der Waals surface area (Å²) < 4.78 is 10.8. The maximum absolute atomic E-state index is 13.1. The number of rotatable bonds is 5. The summed E-state index contributed by atoms with van der Waals surface area (Å²) in [6.45, 7) is 0.569. The molecule has 1 aliphatic heterocycles. The van der Waals surface area contributed by atoms with E-state index in [1.54, 1.807) is 29.4 Å². The topological polar surface area (TPSA) is 96.6 Å². The van der Waals surface area contributed by atoms with Crippen molar-refractivity contribution in [3.05, 3.63) is 94.5 Å². The Hall–Kier alpha value is -4.33. The number of hydrogen-bond donors (Lipinski definition) is 2. The lowest BCUT2D eigenvalue weighted by atomic mass is 10.1. The monoisotopic (exact) mass is 428 g/mol. The summed E-state index contributed by atoms with van der Waals surface area (Å²) in [5.41, 5.74) is 2.38. The molecule has 2 amide bonds. The molecule has 8 nitrogen and oxygen atoms in total. The number of nitrogens with zero attached hydrogens (tertiary/aromatic N) is 2. The number of urea groups is 1. The summed E-state index contributed by atoms with van der Waals surface area (Å²) in [5.74, 6) is 1.23. The molecular formula is C24H20N4O4. The fourth-order valence-electron chi connectivity index (χ4n) is 3.60. The van der Waals surface area contributed by atoms with E-state index in [9.17, 15) is 9.59 Å². The van der Waals surface area contributed by atoms with Crippen LogP contribution in [-0.4, -0.2) is 27.7 Å². The van der Waals surface area contributed by atoms with Gasteiger partial charge in [-0.15, -0.1) is 0 Å². The van der Waals surface area contributed by atoms with Crippen molar-refractivity contribution >= 4 is 22.6 Å². The fraction of sp³-hybridized carbons (Fsp3) is 0.125. The van der Waals surface area contributed by atoms with Gasteiger partial charge in [0.25, 0.3) is 5.56 Å². The van der Waals surface area contributed by atoms with Gasteiger partial charge in [0, 0.05) is 41.6 Å². The molecule has 8 heteroatoms. The minimum absolute atomic E-state index is 0.118. The van der Waals surface area contributed by atoms with Crippen LogP contribution in [0.25, 0.3) is 10.9 Å². The molecule has 0 atom stereocenters. The van der Waals surface area contributed by atoms with E-state index < -0.39 is 0 Å². The fourth-order valence-corrected chi connectivity index (χ4v) is 3.60. The van der Waals surface area contributed by atoms with Gasteiger partial charge in [0.2, 0.25) is 6.79 Å². The average molecular weight is 428 g/mol. The Kier molecular flexibility index (Phi) is 5.17. The zero-order chi connectivity index (χ0) is 21.9. The van der Waals surface area contributed by atoms with Crippen LogP contribution in [0.4, 0.5) is 10.5 Å². The van der Waals surface area contributed by atoms with Gasteiger partial charge in [0.15, 0.2) is 11.5 Å². The van der Waals surface area contributed by atoms with E-state index in [4.69, 9.17) is 9.47 Å². The molecule has 2 aromatic heterocycles. The number of aromatic nitrogens is 2. The number of nitrogens with one attached hydrogen (secondary N) is 2. The van der Waals surface area contributed by atoms with Crippen molar-refractivity contribution in [2.45, 2.75) is 13.1 Å². The highest BCUT2D eigenvalue weighted by molar-refractivity contribution is 5.89. The van der Waals surface area contributed by atoms with Crippen molar-refractivity contribution < 1.29 is 14.3 Å². The van der Waals surface area contributed by atoms with Crippen LogP contribution in [0.1, 0.15) is 11.1 Å². The predicted octanol–water partition coefficient (Wildman–Crippen LogP) is 3.89. The maximum atomic E-state index is 13.1. The SMILES string of the molecule is O=C(Nc1ccccc1)N(Cc1cccnc1)Cc1cc2cc3c(cc2[nH]c1=O)OCO3. The Balaban J connectivity index is 1.46. The molecule has 2 N–H and O–H groups in total. The summed E-state index contributed by atoms with van der Waals surface area (Å²) >= 11 is 0. The maximum Gasteiger partial charge on any atom is 0.322 e. The second-order valence-corrected chi connectivity index (χ2v) is 7.43. The summed E-state index contributed by atoms with van der Waals surface area (Å²) in [6, 6.07) is 17.9. The lowest BCUT2D eigenvalue weighted by molar-refractivity contribution is 0.174. The lowest BCUT2D eigenvalue weighted by Gasteiger charge is -2.23. The molecule has 0 saturated heterocycles. The van der Waals surface area contributed by atoms with Gasteiger partial charge < -0.3 is 24.7 Å². The smallest absolute Gasteiger partial charge is 0.322 e. The Labute approximate surface area is 183 Å². The molecule has 0 bridgehead atoms. The van der Waals surface area contributed by atoms with Crippen LogP contribution in [0.3, 0.4) is 0 Å². The largest absolute Gasteiger partial charge is 0.454 e. The lowest BCUT2D eigenvalue weighted by Crippen LogP contribution is -2.35. The van der Waals surface area contributed by atoms with Crippen LogP contribution < -0.4 is 20.3 Å². The molecule has 5 rings (SSSR count). The van der Waals surface area contributed by atoms with Gasteiger partial charge in [-0.25, -0.2) is 4.79 Å². The van der Waals surface area contributed by atoms with Crippen LogP contribution in [0.15, 0.2) is 77.9 Å². The second kappa shape index (κ2) is 8.43. The molecule has 1 aliphatic rings. The number of aromatic amines is 1. The highest BCUT2D eigenvalue weighted by atomic mass is 16.7. The van der Waals surface area contributed by atoms with E-state index in [2.05, 4.69) is 15.3 Å². The Morgan fingerprint density at radius 2 is 1.84 bits per heavy atom. The van der Waals surface area contributed by atoms with Crippen LogP contribution in [-0.2, 0) is 13.1 Å². The van der Waals surface area contributed by atoms with Crippen LogP contribution in [0.2, 0.25) is 0 Å². The van der Waals surface area contributed by atoms with Crippen molar-refractivity contribution in [3.63, 3.8) is 0 Å². The molecule has 3 heterocycles. The summed E-state index contributed by atoms with van der Waals surface area (Å²) in [5, 5.41) is 3.69.